The van der Waals surface area contributed by atoms with Crippen molar-refractivity contribution in [2.75, 3.05) is 7.11 Å². The fourth-order valence-electron chi connectivity index (χ4n) is 3.01. The van der Waals surface area contributed by atoms with Gasteiger partial charge in [0.25, 0.3) is 0 Å². The molecule has 0 aliphatic rings. The second-order valence-corrected chi connectivity index (χ2v) is 6.23. The maximum atomic E-state index is 12.3. The van der Waals surface area contributed by atoms with E-state index in [4.69, 9.17) is 9.26 Å². The number of fused-ring (bicyclic) bond motifs is 1. The van der Waals surface area contributed by atoms with Crippen molar-refractivity contribution in [3.05, 3.63) is 72.1 Å². The molecule has 0 radical (unpaired) electrons. The average Bonchev–Trinajstić information content (AvgIpc) is 3.33. The van der Waals surface area contributed by atoms with Crippen molar-refractivity contribution < 1.29 is 14.1 Å². The van der Waals surface area contributed by atoms with Crippen molar-refractivity contribution in [2.24, 2.45) is 0 Å². The number of aromatic amines is 1. The molecule has 0 bridgehead atoms. The van der Waals surface area contributed by atoms with Crippen LogP contribution < -0.4 is 10.1 Å². The van der Waals surface area contributed by atoms with E-state index in [9.17, 15) is 4.79 Å². The molecule has 0 aliphatic carbocycles. The number of aromatic nitrogens is 2. The molecule has 0 saturated heterocycles. The molecule has 136 valence electrons. The number of nitrogens with zero attached hydrogens (tertiary/aromatic N) is 1. The van der Waals surface area contributed by atoms with Gasteiger partial charge in [-0.15, -0.1) is 0 Å². The van der Waals surface area contributed by atoms with E-state index in [1.807, 2.05) is 54.7 Å². The van der Waals surface area contributed by atoms with Gasteiger partial charge >= 0.3 is 0 Å². The summed E-state index contributed by atoms with van der Waals surface area (Å²) in [5.41, 5.74) is 3.55. The molecule has 0 spiro atoms. The van der Waals surface area contributed by atoms with Crippen LogP contribution in [-0.2, 0) is 17.8 Å². The molecule has 4 aromatic rings. The smallest absolute Gasteiger partial charge is 0.226 e. The highest BCUT2D eigenvalue weighted by molar-refractivity contribution is 5.84. The Labute approximate surface area is 156 Å². The number of hydrogen-bond acceptors (Lipinski definition) is 4. The van der Waals surface area contributed by atoms with E-state index < -0.39 is 0 Å². The van der Waals surface area contributed by atoms with E-state index in [1.54, 1.807) is 13.2 Å². The lowest BCUT2D eigenvalue weighted by atomic mass is 10.1. The zero-order valence-corrected chi connectivity index (χ0v) is 14.9. The molecule has 0 fully saturated rings. The lowest BCUT2D eigenvalue weighted by Crippen LogP contribution is -2.24. The van der Waals surface area contributed by atoms with Crippen LogP contribution in [0.2, 0.25) is 0 Å². The number of amides is 1. The maximum Gasteiger partial charge on any atom is 0.226 e. The van der Waals surface area contributed by atoms with Gasteiger partial charge in [0, 0.05) is 35.3 Å². The monoisotopic (exact) mass is 361 g/mol. The minimum absolute atomic E-state index is 0.106. The van der Waals surface area contributed by atoms with Gasteiger partial charge in [0.15, 0.2) is 5.76 Å². The molecular formula is C21H19N3O3. The summed E-state index contributed by atoms with van der Waals surface area (Å²) in [7, 11) is 1.61. The zero-order valence-electron chi connectivity index (χ0n) is 14.9. The molecule has 4 rings (SSSR count). The highest BCUT2D eigenvalue weighted by Crippen LogP contribution is 2.24. The number of methoxy groups -OCH3 is 1. The lowest BCUT2D eigenvalue weighted by Gasteiger charge is -2.03. The summed E-state index contributed by atoms with van der Waals surface area (Å²) in [5, 5.41) is 8.04. The number of rotatable bonds is 6. The van der Waals surface area contributed by atoms with Gasteiger partial charge in [0.05, 0.1) is 19.2 Å². The van der Waals surface area contributed by atoms with E-state index in [0.29, 0.717) is 18.0 Å². The Morgan fingerprint density at radius 3 is 2.96 bits per heavy atom. The Morgan fingerprint density at radius 1 is 1.19 bits per heavy atom. The van der Waals surface area contributed by atoms with Gasteiger partial charge in [-0.05, 0) is 23.8 Å². The summed E-state index contributed by atoms with van der Waals surface area (Å²) in [6.45, 7) is 0.462. The van der Waals surface area contributed by atoms with Gasteiger partial charge in [-0.2, -0.15) is 0 Å². The van der Waals surface area contributed by atoms with Crippen LogP contribution >= 0.6 is 0 Å². The van der Waals surface area contributed by atoms with Gasteiger partial charge in [-0.3, -0.25) is 4.79 Å². The van der Waals surface area contributed by atoms with Crippen molar-refractivity contribution >= 4 is 16.8 Å². The zero-order chi connectivity index (χ0) is 18.6. The van der Waals surface area contributed by atoms with Crippen molar-refractivity contribution in [1.82, 2.24) is 15.5 Å². The van der Waals surface area contributed by atoms with Gasteiger partial charge in [0.1, 0.15) is 5.75 Å². The number of para-hydroxylation sites is 1. The quantitative estimate of drug-likeness (QED) is 0.549. The van der Waals surface area contributed by atoms with Crippen LogP contribution in [0.15, 0.2) is 65.3 Å². The fraction of sp³-hybridized carbons (Fsp3) is 0.143. The standard InChI is InChI=1S/C21H19N3O3/c1-26-17-6-4-5-14(9-17)20-10-16(24-27-20)11-21(25)23-13-15-12-22-19-8-3-2-7-18(15)19/h2-10,12,22H,11,13H2,1H3,(H,23,25). The first-order chi connectivity index (χ1) is 13.2. The molecule has 2 heterocycles. The van der Waals surface area contributed by atoms with Gasteiger partial charge in [-0.1, -0.05) is 35.5 Å². The topological polar surface area (TPSA) is 80.1 Å². The Morgan fingerprint density at radius 2 is 2.07 bits per heavy atom. The SMILES string of the molecule is COc1cccc(-c2cc(CC(=O)NCc3c[nH]c4ccccc34)no2)c1. The molecule has 6 nitrogen and oxygen atoms in total. The second kappa shape index (κ2) is 7.37. The molecule has 1 amide bonds. The summed E-state index contributed by atoms with van der Waals surface area (Å²) >= 11 is 0. The summed E-state index contributed by atoms with van der Waals surface area (Å²) < 4.78 is 10.6. The highest BCUT2D eigenvalue weighted by atomic mass is 16.5. The average molecular weight is 361 g/mol. The second-order valence-electron chi connectivity index (χ2n) is 6.23. The van der Waals surface area contributed by atoms with E-state index in [-0.39, 0.29) is 12.3 Å². The van der Waals surface area contributed by atoms with E-state index >= 15 is 0 Å². The minimum Gasteiger partial charge on any atom is -0.497 e. The number of benzene rings is 2. The minimum atomic E-state index is -0.106. The van der Waals surface area contributed by atoms with E-state index in [1.165, 1.54) is 0 Å². The predicted octanol–water partition coefficient (Wildman–Crippen LogP) is 3.69. The Hall–Kier alpha value is -3.54. The highest BCUT2D eigenvalue weighted by Gasteiger charge is 2.12. The van der Waals surface area contributed by atoms with Gasteiger partial charge in [0.2, 0.25) is 5.91 Å². The fourth-order valence-corrected chi connectivity index (χ4v) is 3.01. The number of hydrogen-bond donors (Lipinski definition) is 2. The summed E-state index contributed by atoms with van der Waals surface area (Å²) in [5.74, 6) is 1.24. The van der Waals surface area contributed by atoms with Crippen LogP contribution in [-0.4, -0.2) is 23.2 Å². The van der Waals surface area contributed by atoms with E-state index in [2.05, 4.69) is 15.5 Å². The third-order valence-corrected chi connectivity index (χ3v) is 4.41. The van der Waals surface area contributed by atoms with Gasteiger partial charge < -0.3 is 19.6 Å². The number of ether oxygens (including phenoxy) is 1. The Balaban J connectivity index is 1.39. The molecule has 2 aromatic heterocycles. The van der Waals surface area contributed by atoms with Crippen LogP contribution in [0.3, 0.4) is 0 Å². The number of carbonyl (C=O) groups is 1. The molecule has 2 aromatic carbocycles. The number of H-pyrrole nitrogens is 1. The van der Waals surface area contributed by atoms with Crippen LogP contribution in [0.25, 0.3) is 22.2 Å². The van der Waals surface area contributed by atoms with Crippen molar-refractivity contribution in [1.29, 1.82) is 0 Å². The third kappa shape index (κ3) is 3.69. The molecule has 0 aliphatic heterocycles. The number of nitrogens with one attached hydrogen (secondary N) is 2. The van der Waals surface area contributed by atoms with Crippen LogP contribution in [0, 0.1) is 0 Å². The third-order valence-electron chi connectivity index (χ3n) is 4.41. The summed E-state index contributed by atoms with van der Waals surface area (Å²) in [6.07, 6.45) is 2.08. The molecular weight excluding hydrogens is 342 g/mol. The lowest BCUT2D eigenvalue weighted by molar-refractivity contribution is -0.120. The van der Waals surface area contributed by atoms with Crippen molar-refractivity contribution in [2.45, 2.75) is 13.0 Å². The molecule has 6 heteroatoms. The Kier molecular flexibility index (Phi) is 4.61. The summed E-state index contributed by atoms with van der Waals surface area (Å²) in [4.78, 5) is 15.5. The first-order valence-corrected chi connectivity index (χ1v) is 8.64. The normalized spacial score (nSPS) is 10.9. The molecule has 0 saturated carbocycles. The first kappa shape index (κ1) is 16.9. The summed E-state index contributed by atoms with van der Waals surface area (Å²) in [6, 6.07) is 17.3. The first-order valence-electron chi connectivity index (χ1n) is 8.64. The number of carbonyl (C=O) groups excluding carboxylic acids is 1. The van der Waals surface area contributed by atoms with Crippen LogP contribution in [0.4, 0.5) is 0 Å². The van der Waals surface area contributed by atoms with Crippen molar-refractivity contribution in [3.8, 4) is 17.1 Å². The van der Waals surface area contributed by atoms with Crippen LogP contribution in [0.1, 0.15) is 11.3 Å². The van der Waals surface area contributed by atoms with Crippen molar-refractivity contribution in [3.63, 3.8) is 0 Å². The van der Waals surface area contributed by atoms with Crippen LogP contribution in [0.5, 0.6) is 5.75 Å². The maximum absolute atomic E-state index is 12.3. The Bertz CT molecular complexity index is 1080. The molecule has 27 heavy (non-hydrogen) atoms. The predicted molar refractivity (Wildman–Crippen MR) is 102 cm³/mol. The largest absolute Gasteiger partial charge is 0.497 e. The van der Waals surface area contributed by atoms with Gasteiger partial charge in [-0.25, -0.2) is 0 Å². The molecule has 0 atom stereocenters. The molecule has 0 unspecified atom stereocenters. The van der Waals surface area contributed by atoms with E-state index in [0.717, 1.165) is 27.8 Å². The molecule has 2 N–H and O–H groups in total.